The fraction of sp³-hybridized carbons (Fsp3) is 0.792. The highest BCUT2D eigenvalue weighted by atomic mass is 31.2. The van der Waals surface area contributed by atoms with Crippen LogP contribution in [0.3, 0.4) is 0 Å². The molecular weight excluding hydrogens is 487 g/mol. The second-order valence-electron chi connectivity index (χ2n) is 8.68. The number of aliphatic hydroxyl groups is 1. The molecule has 3 unspecified atom stereocenters. The average Bonchev–Trinajstić information content (AvgIpc) is 3.18. The van der Waals surface area contributed by atoms with Gasteiger partial charge in [-0.3, -0.25) is 4.57 Å². The number of aryl methyl sites for hydroxylation is 2. The Balaban J connectivity index is 0.00000229. The van der Waals surface area contributed by atoms with Gasteiger partial charge in [0.1, 0.15) is 18.8 Å². The number of aromatic nitrogens is 2. The molecule has 1 aliphatic rings. The second-order valence-corrected chi connectivity index (χ2v) is 10.1. The highest BCUT2D eigenvalue weighted by Gasteiger charge is 2.48. The first kappa shape index (κ1) is 29.1. The quantitative estimate of drug-likeness (QED) is 0.232. The Morgan fingerprint density at radius 3 is 2.56 bits per heavy atom. The van der Waals surface area contributed by atoms with Crippen molar-refractivity contribution in [2.75, 3.05) is 40.6 Å². The van der Waals surface area contributed by atoms with E-state index in [4.69, 9.17) is 32.6 Å². The van der Waals surface area contributed by atoms with Crippen molar-refractivity contribution in [3.8, 4) is 0 Å². The third-order valence-corrected chi connectivity index (χ3v) is 7.54. The van der Waals surface area contributed by atoms with E-state index in [0.29, 0.717) is 12.3 Å². The first-order valence-corrected chi connectivity index (χ1v) is 13.0. The molecule has 11 nitrogen and oxygen atoms in total. The summed E-state index contributed by atoms with van der Waals surface area (Å²) in [7, 11) is 1.28. The highest BCUT2D eigenvalue weighted by molar-refractivity contribution is 7.44. The van der Waals surface area contributed by atoms with Crippen molar-refractivity contribution in [3.05, 3.63) is 39.4 Å². The standard InChI is InChI=1S/C23H39N4O6P.CH4O/c1-15(2)27(16(3)4)34(31-11-10-24-8)33-20-19(7)32-22(21(20)30-13-12-29-9)26-14-17(5)18(6)25-23(26)28;1-2/h14-16,19-22H,10-13H2,1-7,9H3;2H,1H3/t19-,20?,21?,22-,34?;/m1./s1/i7D;2T. The second kappa shape index (κ2) is 16.4. The van der Waals surface area contributed by atoms with Crippen LogP contribution in [0.15, 0.2) is 11.0 Å². The molecule has 2 heterocycles. The summed E-state index contributed by atoms with van der Waals surface area (Å²) in [4.78, 5) is 20.3. The van der Waals surface area contributed by atoms with Crippen LogP contribution >= 0.6 is 8.53 Å². The summed E-state index contributed by atoms with van der Waals surface area (Å²) in [6.07, 6.45) is -1.15. The summed E-state index contributed by atoms with van der Waals surface area (Å²) in [5, 5.41) is 3.50. The Kier molecular flexibility index (Phi) is 13.2. The molecule has 0 saturated carbocycles. The van der Waals surface area contributed by atoms with Gasteiger partial charge < -0.3 is 33.2 Å². The third kappa shape index (κ3) is 8.82. The molecule has 12 heteroatoms. The fourth-order valence-electron chi connectivity index (χ4n) is 3.73. The summed E-state index contributed by atoms with van der Waals surface area (Å²) < 4.78 is 47.5. The Labute approximate surface area is 219 Å². The zero-order valence-corrected chi connectivity index (χ0v) is 23.6. The van der Waals surface area contributed by atoms with E-state index >= 15 is 0 Å². The van der Waals surface area contributed by atoms with Crippen LogP contribution in [-0.4, -0.2) is 91.7 Å². The molecular formula is C24H43N4O7P. The Bertz CT molecular complexity index is 911. The molecule has 36 heavy (non-hydrogen) atoms. The fourth-order valence-corrected chi connectivity index (χ4v) is 5.49. The molecule has 0 aromatic carbocycles. The third-order valence-electron chi connectivity index (χ3n) is 5.41. The molecule has 0 aliphatic carbocycles. The lowest BCUT2D eigenvalue weighted by Gasteiger charge is -2.37. The van der Waals surface area contributed by atoms with E-state index < -0.39 is 38.8 Å². The number of ether oxygens (including phenoxy) is 3. The van der Waals surface area contributed by atoms with Crippen LogP contribution in [0.5, 0.6) is 0 Å². The van der Waals surface area contributed by atoms with Gasteiger partial charge in [-0.1, -0.05) is 0 Å². The van der Waals surface area contributed by atoms with Crippen molar-refractivity contribution in [2.24, 2.45) is 0 Å². The van der Waals surface area contributed by atoms with Crippen molar-refractivity contribution in [1.82, 2.24) is 14.2 Å². The minimum absolute atomic E-state index is 0.0904. The summed E-state index contributed by atoms with van der Waals surface area (Å²) in [6.45, 7) is 19.9. The Hall–Kier alpha value is -1.48. The summed E-state index contributed by atoms with van der Waals surface area (Å²) in [5.41, 5.74) is 1.03. The molecule has 0 radical (unpaired) electrons. The smallest absolute Gasteiger partial charge is 0.349 e. The molecule has 1 saturated heterocycles. The van der Waals surface area contributed by atoms with Crippen molar-refractivity contribution >= 4 is 8.53 Å². The van der Waals surface area contributed by atoms with Crippen molar-refractivity contribution in [3.63, 3.8) is 0 Å². The van der Waals surface area contributed by atoms with Crippen LogP contribution in [0, 0.1) is 20.4 Å². The molecule has 1 N–H and O–H groups in total. The van der Waals surface area contributed by atoms with E-state index in [1.54, 1.807) is 20.2 Å². The highest BCUT2D eigenvalue weighted by Crippen LogP contribution is 2.50. The molecule has 0 amide bonds. The SMILES string of the molecule is [2H]C[C@H]1O[C@@H](n2cc(C)c(C)nc2=O)C(OCCOC)C1OP(OCC[N+]#[C-])N(C(C)C)C(C)C.[3H]OC. The maximum atomic E-state index is 12.8. The summed E-state index contributed by atoms with van der Waals surface area (Å²) in [5.74, 6) is 0. The minimum Gasteiger partial charge on any atom is -0.400 e. The van der Waals surface area contributed by atoms with E-state index in [1.165, 1.54) is 11.7 Å². The predicted molar refractivity (Wildman–Crippen MR) is 139 cm³/mol. The molecule has 5 atom stereocenters. The van der Waals surface area contributed by atoms with E-state index in [0.717, 1.165) is 5.56 Å². The maximum Gasteiger partial charge on any atom is 0.349 e. The molecule has 1 aliphatic heterocycles. The molecule has 0 spiro atoms. The van der Waals surface area contributed by atoms with Gasteiger partial charge in [0.2, 0.25) is 7.98 Å². The van der Waals surface area contributed by atoms with Gasteiger partial charge in [-0.2, -0.15) is 4.98 Å². The van der Waals surface area contributed by atoms with Gasteiger partial charge in [-0.25, -0.2) is 16.0 Å². The minimum atomic E-state index is -1.60. The molecule has 1 aromatic rings. The van der Waals surface area contributed by atoms with Crippen LogP contribution in [0.2, 0.25) is 0 Å². The number of hydrogen-bond acceptors (Lipinski definition) is 9. The lowest BCUT2D eigenvalue weighted by Crippen LogP contribution is -2.41. The van der Waals surface area contributed by atoms with Crippen molar-refractivity contribution in [1.29, 1.82) is 1.43 Å². The van der Waals surface area contributed by atoms with Gasteiger partial charge in [0.15, 0.2) is 6.23 Å². The number of hydrogen-bond donors (Lipinski definition) is 1. The van der Waals surface area contributed by atoms with Gasteiger partial charge in [-0.15, -0.1) is 0 Å². The van der Waals surface area contributed by atoms with Crippen LogP contribution in [0.1, 0.15) is 53.5 Å². The number of methoxy groups -OCH3 is 1. The first-order chi connectivity index (χ1) is 18.1. The molecule has 0 bridgehead atoms. The zero-order chi connectivity index (χ0) is 28.8. The Morgan fingerprint density at radius 2 is 2.00 bits per heavy atom. The van der Waals surface area contributed by atoms with E-state index in [1.807, 2.05) is 6.92 Å². The van der Waals surface area contributed by atoms with Crippen LogP contribution in [0.25, 0.3) is 4.85 Å². The van der Waals surface area contributed by atoms with Crippen LogP contribution in [0.4, 0.5) is 0 Å². The lowest BCUT2D eigenvalue weighted by atomic mass is 10.1. The topological polar surface area (TPSA) is 109 Å². The van der Waals surface area contributed by atoms with E-state index in [9.17, 15) is 4.79 Å². The zero-order valence-electron chi connectivity index (χ0n) is 24.7. The van der Waals surface area contributed by atoms with Gasteiger partial charge >= 0.3 is 5.69 Å². The Morgan fingerprint density at radius 1 is 1.33 bits per heavy atom. The maximum absolute atomic E-state index is 12.8. The number of rotatable bonds is 13. The van der Waals surface area contributed by atoms with Gasteiger partial charge in [-0.05, 0) is 54.0 Å². The molecule has 206 valence electrons. The van der Waals surface area contributed by atoms with E-state index in [-0.39, 0.29) is 38.7 Å². The number of aliphatic hydroxyl groups excluding tert-OH is 1. The summed E-state index contributed by atoms with van der Waals surface area (Å²) >= 11 is 0. The van der Waals surface area contributed by atoms with Gasteiger partial charge in [0.05, 0.1) is 19.3 Å². The van der Waals surface area contributed by atoms with E-state index in [2.05, 4.69) is 47.3 Å². The molecule has 1 fully saturated rings. The average molecular weight is 534 g/mol. The monoisotopic (exact) mass is 533 g/mol. The predicted octanol–water partition coefficient (Wildman–Crippen LogP) is 3.08. The van der Waals surface area contributed by atoms with Crippen LogP contribution < -0.4 is 5.69 Å². The summed E-state index contributed by atoms with van der Waals surface area (Å²) in [6, 6.07) is 0.224. The molecule has 2 rings (SSSR count). The first-order valence-electron chi connectivity index (χ1n) is 13.0. The van der Waals surface area contributed by atoms with Gasteiger partial charge in [0.25, 0.3) is 8.53 Å². The van der Waals surface area contributed by atoms with Gasteiger partial charge in [0, 0.05) is 39.6 Å². The van der Waals surface area contributed by atoms with Crippen molar-refractivity contribution in [2.45, 2.75) is 85.1 Å². The molecule has 1 aromatic heterocycles. The largest absolute Gasteiger partial charge is 0.400 e. The number of nitrogens with zero attached hydrogens (tertiary/aromatic N) is 4. The normalized spacial score (nSPS) is 23.3. The van der Waals surface area contributed by atoms with Crippen LogP contribution in [-0.2, 0) is 23.3 Å². The van der Waals surface area contributed by atoms with Crippen molar-refractivity contribution < 1.29 is 29.7 Å². The lowest BCUT2D eigenvalue weighted by molar-refractivity contribution is -0.0776.